The Morgan fingerprint density at radius 3 is 2.35 bits per heavy atom. The highest BCUT2D eigenvalue weighted by Crippen LogP contribution is 2.29. The molecule has 0 N–H and O–H groups in total. The van der Waals surface area contributed by atoms with Crippen LogP contribution < -0.4 is 4.74 Å². The van der Waals surface area contributed by atoms with Crippen molar-refractivity contribution in [2.75, 3.05) is 0 Å². The van der Waals surface area contributed by atoms with E-state index >= 15 is 0 Å². The highest BCUT2D eigenvalue weighted by molar-refractivity contribution is 8.13. The molecule has 0 aliphatic heterocycles. The molecule has 0 spiro atoms. The van der Waals surface area contributed by atoms with Crippen molar-refractivity contribution in [3.05, 3.63) is 41.5 Å². The second kappa shape index (κ2) is 5.46. The number of halogens is 1. The van der Waals surface area contributed by atoms with Gasteiger partial charge in [0.1, 0.15) is 12.4 Å². The number of ether oxygens (including phenoxy) is 1. The van der Waals surface area contributed by atoms with Gasteiger partial charge in [-0.15, -0.1) is 0 Å². The Morgan fingerprint density at radius 2 is 1.90 bits per heavy atom. The fourth-order valence-corrected chi connectivity index (χ4v) is 2.85. The number of aromatic nitrogens is 2. The van der Waals surface area contributed by atoms with Gasteiger partial charge in [0.15, 0.2) is 0 Å². The summed E-state index contributed by atoms with van der Waals surface area (Å²) in [4.78, 5) is 4.10. The number of imidazole rings is 1. The summed E-state index contributed by atoms with van der Waals surface area (Å²) in [7, 11) is 3.51. The number of aryl methyl sites for hydroxylation is 3. The Balaban J connectivity index is 2.27. The van der Waals surface area contributed by atoms with Crippen LogP contribution in [0.3, 0.4) is 0 Å². The third-order valence-corrected chi connectivity index (χ3v) is 4.33. The molecule has 2 rings (SSSR count). The van der Waals surface area contributed by atoms with Crippen molar-refractivity contribution in [3.8, 4) is 5.75 Å². The monoisotopic (exact) mass is 314 g/mol. The van der Waals surface area contributed by atoms with Crippen LogP contribution in [0.2, 0.25) is 0 Å². The van der Waals surface area contributed by atoms with Gasteiger partial charge in [0.05, 0.1) is 23.1 Å². The zero-order valence-electron chi connectivity index (χ0n) is 11.4. The molecular weight excluding hydrogens is 300 g/mol. The second-order valence-electron chi connectivity index (χ2n) is 4.61. The molecule has 0 unspecified atom stereocenters. The van der Waals surface area contributed by atoms with E-state index in [1.807, 2.05) is 11.6 Å². The van der Waals surface area contributed by atoms with Crippen LogP contribution >= 0.6 is 10.7 Å². The Kier molecular flexibility index (Phi) is 4.06. The number of hydrogen-bond donors (Lipinski definition) is 0. The molecule has 2 aromatic rings. The van der Waals surface area contributed by atoms with Crippen LogP contribution in [-0.4, -0.2) is 18.0 Å². The molecule has 7 heteroatoms. The summed E-state index contributed by atoms with van der Waals surface area (Å²) < 4.78 is 30.3. The van der Waals surface area contributed by atoms with Crippen molar-refractivity contribution >= 4 is 19.7 Å². The maximum atomic E-state index is 11.4. The molecule has 0 aliphatic rings. The van der Waals surface area contributed by atoms with Gasteiger partial charge in [-0.2, -0.15) is 0 Å². The van der Waals surface area contributed by atoms with Crippen molar-refractivity contribution < 1.29 is 13.2 Å². The summed E-state index contributed by atoms with van der Waals surface area (Å²) in [6, 6.07) is 3.02. The molecule has 0 bridgehead atoms. The van der Waals surface area contributed by atoms with Gasteiger partial charge in [0.2, 0.25) is 0 Å². The first-order valence-electron chi connectivity index (χ1n) is 5.93. The van der Waals surface area contributed by atoms with Gasteiger partial charge in [0.25, 0.3) is 9.05 Å². The lowest BCUT2D eigenvalue weighted by Crippen LogP contribution is -2.04. The molecule has 108 valence electrons. The molecule has 0 atom stereocenters. The fourth-order valence-electron chi connectivity index (χ4n) is 1.95. The maximum absolute atomic E-state index is 11.4. The van der Waals surface area contributed by atoms with Crippen LogP contribution in [0.1, 0.15) is 16.8 Å². The van der Waals surface area contributed by atoms with Gasteiger partial charge >= 0.3 is 0 Å². The normalized spacial score (nSPS) is 11.6. The lowest BCUT2D eigenvalue weighted by molar-refractivity contribution is 0.293. The molecule has 0 amide bonds. The summed E-state index contributed by atoms with van der Waals surface area (Å²) >= 11 is 0. The van der Waals surface area contributed by atoms with Crippen molar-refractivity contribution in [2.45, 2.75) is 25.3 Å². The van der Waals surface area contributed by atoms with E-state index in [9.17, 15) is 8.42 Å². The van der Waals surface area contributed by atoms with E-state index in [0.29, 0.717) is 12.4 Å². The Hall–Kier alpha value is -1.53. The average molecular weight is 315 g/mol. The third-order valence-electron chi connectivity index (χ3n) is 3.00. The Bertz CT molecular complexity index is 715. The van der Waals surface area contributed by atoms with Crippen LogP contribution in [0.4, 0.5) is 0 Å². The summed E-state index contributed by atoms with van der Waals surface area (Å²) in [6.45, 7) is 3.94. The quantitative estimate of drug-likeness (QED) is 0.814. The van der Waals surface area contributed by atoms with Gasteiger partial charge in [-0.1, -0.05) is 0 Å². The largest absolute Gasteiger partial charge is 0.487 e. The highest BCUT2D eigenvalue weighted by atomic mass is 35.7. The molecule has 20 heavy (non-hydrogen) atoms. The standard InChI is InChI=1S/C13H15ClN2O3S/c1-9-4-12(20(14,17)18)5-10(2)13(9)19-7-11-6-15-8-16(11)3/h4-6,8H,7H2,1-3H3. The van der Waals surface area contributed by atoms with E-state index in [4.69, 9.17) is 15.4 Å². The predicted molar refractivity (Wildman–Crippen MR) is 76.5 cm³/mol. The summed E-state index contributed by atoms with van der Waals surface area (Å²) in [5, 5.41) is 0. The molecule has 0 saturated carbocycles. The van der Waals surface area contributed by atoms with E-state index in [2.05, 4.69) is 4.98 Å². The lowest BCUT2D eigenvalue weighted by Gasteiger charge is -2.13. The van der Waals surface area contributed by atoms with Crippen molar-refractivity contribution in [1.29, 1.82) is 0 Å². The smallest absolute Gasteiger partial charge is 0.261 e. The predicted octanol–water partition coefficient (Wildman–Crippen LogP) is 2.54. The Morgan fingerprint density at radius 1 is 1.30 bits per heavy atom. The number of hydrogen-bond acceptors (Lipinski definition) is 4. The van der Waals surface area contributed by atoms with E-state index in [0.717, 1.165) is 16.8 Å². The van der Waals surface area contributed by atoms with Gasteiger partial charge < -0.3 is 9.30 Å². The molecule has 1 aromatic heterocycles. The molecule has 1 aromatic carbocycles. The van der Waals surface area contributed by atoms with Crippen molar-refractivity contribution in [3.63, 3.8) is 0 Å². The summed E-state index contributed by atoms with van der Waals surface area (Å²) in [5.41, 5.74) is 2.38. The molecule has 0 fully saturated rings. The van der Waals surface area contributed by atoms with Crippen molar-refractivity contribution in [1.82, 2.24) is 9.55 Å². The minimum absolute atomic E-state index is 0.0852. The van der Waals surface area contributed by atoms with Crippen LogP contribution in [0.25, 0.3) is 0 Å². The van der Waals surface area contributed by atoms with Gasteiger partial charge in [-0.25, -0.2) is 13.4 Å². The van der Waals surface area contributed by atoms with Crippen LogP contribution in [-0.2, 0) is 22.7 Å². The SMILES string of the molecule is Cc1cc(S(=O)(=O)Cl)cc(C)c1OCc1cncn1C. The summed E-state index contributed by atoms with van der Waals surface area (Å²) in [5.74, 6) is 0.662. The fraction of sp³-hybridized carbons (Fsp3) is 0.308. The van der Waals surface area contributed by atoms with E-state index in [1.165, 1.54) is 12.1 Å². The zero-order chi connectivity index (χ0) is 14.9. The van der Waals surface area contributed by atoms with Gasteiger partial charge in [-0.3, -0.25) is 0 Å². The third kappa shape index (κ3) is 3.13. The number of nitrogens with zero attached hydrogens (tertiary/aromatic N) is 2. The van der Waals surface area contributed by atoms with Crippen LogP contribution in [0.15, 0.2) is 29.6 Å². The minimum atomic E-state index is -3.73. The van der Waals surface area contributed by atoms with E-state index in [1.54, 1.807) is 26.4 Å². The van der Waals surface area contributed by atoms with Gasteiger partial charge in [-0.05, 0) is 37.1 Å². The lowest BCUT2D eigenvalue weighted by atomic mass is 10.1. The van der Waals surface area contributed by atoms with Crippen molar-refractivity contribution in [2.24, 2.45) is 7.05 Å². The molecule has 0 saturated heterocycles. The van der Waals surface area contributed by atoms with E-state index < -0.39 is 9.05 Å². The molecule has 1 heterocycles. The first kappa shape index (κ1) is 14.9. The Labute approximate surface area is 122 Å². The molecular formula is C13H15ClN2O3S. The van der Waals surface area contributed by atoms with Crippen LogP contribution in [0, 0.1) is 13.8 Å². The maximum Gasteiger partial charge on any atom is 0.261 e. The number of benzene rings is 1. The first-order chi connectivity index (χ1) is 9.29. The molecule has 0 aliphatic carbocycles. The molecule has 0 radical (unpaired) electrons. The summed E-state index contributed by atoms with van der Waals surface area (Å²) in [6.07, 6.45) is 3.42. The molecule has 5 nitrogen and oxygen atoms in total. The average Bonchev–Trinajstić information content (AvgIpc) is 2.72. The zero-order valence-corrected chi connectivity index (χ0v) is 13.0. The highest BCUT2D eigenvalue weighted by Gasteiger charge is 2.15. The first-order valence-corrected chi connectivity index (χ1v) is 8.24. The second-order valence-corrected chi connectivity index (χ2v) is 7.17. The van der Waals surface area contributed by atoms with Crippen LogP contribution in [0.5, 0.6) is 5.75 Å². The van der Waals surface area contributed by atoms with E-state index in [-0.39, 0.29) is 4.90 Å². The topological polar surface area (TPSA) is 61.2 Å². The number of rotatable bonds is 4. The minimum Gasteiger partial charge on any atom is -0.487 e. The van der Waals surface area contributed by atoms with Gasteiger partial charge in [0, 0.05) is 17.7 Å².